The van der Waals surface area contributed by atoms with Gasteiger partial charge in [-0.25, -0.2) is 0 Å². The van der Waals surface area contributed by atoms with Gasteiger partial charge in [-0.2, -0.15) is 0 Å². The predicted octanol–water partition coefficient (Wildman–Crippen LogP) is 4.82. The van der Waals surface area contributed by atoms with E-state index in [2.05, 4.69) is 87.5 Å². The Morgan fingerprint density at radius 3 is 2.80 bits per heavy atom. The molecule has 1 N–H and O–H groups in total. The SMILES string of the molecule is Cc1ccccc1NCCn1ccc2ccc(Br)cc21. The second-order valence-corrected chi connectivity index (χ2v) is 5.87. The lowest BCUT2D eigenvalue weighted by Gasteiger charge is -2.10. The minimum Gasteiger partial charge on any atom is -0.383 e. The fourth-order valence-electron chi connectivity index (χ4n) is 2.43. The first-order valence-electron chi connectivity index (χ1n) is 6.78. The van der Waals surface area contributed by atoms with E-state index in [9.17, 15) is 0 Å². The maximum Gasteiger partial charge on any atom is 0.0492 e. The van der Waals surface area contributed by atoms with Crippen LogP contribution in [0.25, 0.3) is 10.9 Å². The Hall–Kier alpha value is -1.74. The summed E-state index contributed by atoms with van der Waals surface area (Å²) in [6, 6.07) is 16.9. The number of nitrogens with zero attached hydrogens (tertiary/aromatic N) is 1. The third kappa shape index (κ3) is 2.73. The molecule has 0 amide bonds. The van der Waals surface area contributed by atoms with Crippen molar-refractivity contribution in [1.82, 2.24) is 4.57 Å². The quantitative estimate of drug-likeness (QED) is 0.726. The van der Waals surface area contributed by atoms with Crippen LogP contribution in [0.15, 0.2) is 59.2 Å². The summed E-state index contributed by atoms with van der Waals surface area (Å²) in [6.45, 7) is 4.00. The summed E-state index contributed by atoms with van der Waals surface area (Å²) in [4.78, 5) is 0. The molecule has 0 spiro atoms. The Balaban J connectivity index is 1.71. The third-order valence-corrected chi connectivity index (χ3v) is 4.04. The number of aromatic nitrogens is 1. The highest BCUT2D eigenvalue weighted by Gasteiger charge is 2.02. The van der Waals surface area contributed by atoms with Crippen molar-refractivity contribution in [3.8, 4) is 0 Å². The first-order chi connectivity index (χ1) is 9.74. The van der Waals surface area contributed by atoms with Gasteiger partial charge in [0.2, 0.25) is 0 Å². The zero-order chi connectivity index (χ0) is 13.9. The molecule has 0 fully saturated rings. The van der Waals surface area contributed by atoms with Crippen molar-refractivity contribution in [3.05, 3.63) is 64.8 Å². The lowest BCUT2D eigenvalue weighted by Crippen LogP contribution is -2.10. The normalized spacial score (nSPS) is 10.9. The van der Waals surface area contributed by atoms with E-state index in [0.717, 1.165) is 17.6 Å². The summed E-state index contributed by atoms with van der Waals surface area (Å²) in [5, 5.41) is 4.78. The molecule has 3 rings (SSSR count). The van der Waals surface area contributed by atoms with Gasteiger partial charge < -0.3 is 9.88 Å². The van der Waals surface area contributed by atoms with E-state index in [1.54, 1.807) is 0 Å². The van der Waals surface area contributed by atoms with Crippen molar-refractivity contribution in [1.29, 1.82) is 0 Å². The molecule has 0 radical (unpaired) electrons. The van der Waals surface area contributed by atoms with Crippen molar-refractivity contribution < 1.29 is 0 Å². The molecule has 3 aromatic rings. The van der Waals surface area contributed by atoms with Crippen LogP contribution >= 0.6 is 15.9 Å². The van der Waals surface area contributed by atoms with Crippen LogP contribution in [-0.2, 0) is 6.54 Å². The van der Waals surface area contributed by atoms with Crippen LogP contribution in [0.5, 0.6) is 0 Å². The fourth-order valence-corrected chi connectivity index (χ4v) is 2.78. The molecular formula is C17H17BrN2. The number of aryl methyl sites for hydroxylation is 1. The first kappa shape index (κ1) is 13.3. The molecular weight excluding hydrogens is 312 g/mol. The zero-order valence-electron chi connectivity index (χ0n) is 11.4. The summed E-state index contributed by atoms with van der Waals surface area (Å²) in [5.74, 6) is 0. The topological polar surface area (TPSA) is 17.0 Å². The standard InChI is InChI=1S/C17H17BrN2/c1-13-4-2-3-5-16(13)19-9-11-20-10-8-14-6-7-15(18)12-17(14)20/h2-8,10,12,19H,9,11H2,1H3. The van der Waals surface area contributed by atoms with E-state index < -0.39 is 0 Å². The van der Waals surface area contributed by atoms with Crippen molar-refractivity contribution in [2.45, 2.75) is 13.5 Å². The van der Waals surface area contributed by atoms with Crippen LogP contribution in [0.3, 0.4) is 0 Å². The fraction of sp³-hybridized carbons (Fsp3) is 0.176. The van der Waals surface area contributed by atoms with Gasteiger partial charge in [0.25, 0.3) is 0 Å². The molecule has 0 aliphatic carbocycles. The molecule has 0 unspecified atom stereocenters. The molecule has 2 nitrogen and oxygen atoms in total. The van der Waals surface area contributed by atoms with Crippen molar-refractivity contribution in [2.24, 2.45) is 0 Å². The van der Waals surface area contributed by atoms with E-state index in [0.29, 0.717) is 0 Å². The number of halogens is 1. The summed E-state index contributed by atoms with van der Waals surface area (Å²) >= 11 is 3.54. The minimum absolute atomic E-state index is 0.918. The lowest BCUT2D eigenvalue weighted by atomic mass is 10.2. The second kappa shape index (κ2) is 5.71. The minimum atomic E-state index is 0.918. The number of anilines is 1. The molecule has 20 heavy (non-hydrogen) atoms. The Morgan fingerprint density at radius 1 is 1.10 bits per heavy atom. The van der Waals surface area contributed by atoms with E-state index >= 15 is 0 Å². The molecule has 102 valence electrons. The van der Waals surface area contributed by atoms with Gasteiger partial charge in [0.05, 0.1) is 0 Å². The van der Waals surface area contributed by atoms with Crippen LogP contribution in [0, 0.1) is 6.92 Å². The number of hydrogen-bond donors (Lipinski definition) is 1. The average molecular weight is 329 g/mol. The van der Waals surface area contributed by atoms with Crippen LogP contribution in [0.4, 0.5) is 5.69 Å². The van der Waals surface area contributed by atoms with Crippen molar-refractivity contribution >= 4 is 32.5 Å². The molecule has 1 heterocycles. The van der Waals surface area contributed by atoms with Gasteiger partial charge >= 0.3 is 0 Å². The zero-order valence-corrected chi connectivity index (χ0v) is 13.0. The van der Waals surface area contributed by atoms with Crippen LogP contribution in [-0.4, -0.2) is 11.1 Å². The monoisotopic (exact) mass is 328 g/mol. The molecule has 3 heteroatoms. The number of benzene rings is 2. The van der Waals surface area contributed by atoms with Gasteiger partial charge in [0, 0.05) is 35.0 Å². The third-order valence-electron chi connectivity index (χ3n) is 3.55. The Kier molecular flexibility index (Phi) is 3.79. The second-order valence-electron chi connectivity index (χ2n) is 4.95. The molecule has 0 saturated heterocycles. The Morgan fingerprint density at radius 2 is 1.95 bits per heavy atom. The van der Waals surface area contributed by atoms with E-state index in [4.69, 9.17) is 0 Å². The highest BCUT2D eigenvalue weighted by molar-refractivity contribution is 9.10. The maximum absolute atomic E-state index is 3.54. The number of nitrogens with one attached hydrogen (secondary N) is 1. The number of rotatable bonds is 4. The number of para-hydroxylation sites is 1. The molecule has 0 atom stereocenters. The predicted molar refractivity (Wildman–Crippen MR) is 89.3 cm³/mol. The van der Waals surface area contributed by atoms with E-state index in [-0.39, 0.29) is 0 Å². The van der Waals surface area contributed by atoms with E-state index in [1.807, 2.05) is 0 Å². The summed E-state index contributed by atoms with van der Waals surface area (Å²) in [7, 11) is 0. The van der Waals surface area contributed by atoms with Gasteiger partial charge in [-0.1, -0.05) is 40.2 Å². The Labute approximate surface area is 127 Å². The van der Waals surface area contributed by atoms with Gasteiger partial charge in [-0.15, -0.1) is 0 Å². The van der Waals surface area contributed by atoms with Crippen LogP contribution < -0.4 is 5.32 Å². The molecule has 1 aromatic heterocycles. The molecule has 0 bridgehead atoms. The molecule has 0 aliphatic heterocycles. The first-order valence-corrected chi connectivity index (χ1v) is 7.57. The maximum atomic E-state index is 3.54. The van der Waals surface area contributed by atoms with E-state index in [1.165, 1.54) is 22.2 Å². The summed E-state index contributed by atoms with van der Waals surface area (Å²) in [6.07, 6.45) is 2.15. The molecule has 0 aliphatic rings. The van der Waals surface area contributed by atoms with Crippen molar-refractivity contribution in [2.75, 3.05) is 11.9 Å². The van der Waals surface area contributed by atoms with Gasteiger partial charge in [0.1, 0.15) is 0 Å². The number of fused-ring (bicyclic) bond motifs is 1. The highest BCUT2D eigenvalue weighted by atomic mass is 79.9. The lowest BCUT2D eigenvalue weighted by molar-refractivity contribution is 0.757. The Bertz CT molecular complexity index is 731. The van der Waals surface area contributed by atoms with Crippen LogP contribution in [0.1, 0.15) is 5.56 Å². The summed E-state index contributed by atoms with van der Waals surface area (Å²) < 4.78 is 3.41. The molecule has 0 saturated carbocycles. The highest BCUT2D eigenvalue weighted by Crippen LogP contribution is 2.21. The summed E-state index contributed by atoms with van der Waals surface area (Å²) in [5.41, 5.74) is 3.77. The average Bonchev–Trinajstić information content (AvgIpc) is 2.83. The van der Waals surface area contributed by atoms with Gasteiger partial charge in [-0.3, -0.25) is 0 Å². The van der Waals surface area contributed by atoms with Gasteiger partial charge in [0.15, 0.2) is 0 Å². The van der Waals surface area contributed by atoms with Crippen molar-refractivity contribution in [3.63, 3.8) is 0 Å². The van der Waals surface area contributed by atoms with Gasteiger partial charge in [-0.05, 0) is 42.1 Å². The number of hydrogen-bond acceptors (Lipinski definition) is 1. The largest absolute Gasteiger partial charge is 0.383 e. The molecule has 2 aromatic carbocycles. The van der Waals surface area contributed by atoms with Crippen LogP contribution in [0.2, 0.25) is 0 Å². The smallest absolute Gasteiger partial charge is 0.0492 e.